The van der Waals surface area contributed by atoms with Crippen LogP contribution in [0.5, 0.6) is 0 Å². The van der Waals surface area contributed by atoms with Crippen molar-refractivity contribution in [2.24, 2.45) is 0 Å². The van der Waals surface area contributed by atoms with Crippen LogP contribution >= 0.6 is 0 Å². The van der Waals surface area contributed by atoms with E-state index in [9.17, 15) is 0 Å². The van der Waals surface area contributed by atoms with Crippen molar-refractivity contribution >= 4 is 0 Å². The Morgan fingerprint density at radius 3 is 2.91 bits per heavy atom. The first-order valence-corrected chi connectivity index (χ1v) is 7.64. The lowest BCUT2D eigenvalue weighted by atomic mass is 10.2. The molecule has 1 aromatic carbocycles. The molecule has 1 saturated heterocycles. The van der Waals surface area contributed by atoms with Crippen LogP contribution in [0.15, 0.2) is 53.1 Å². The number of H-pyrrole nitrogens is 1. The number of nitrogens with one attached hydrogen (secondary N) is 1. The Bertz CT molecular complexity index is 720. The Morgan fingerprint density at radius 1 is 1.18 bits per heavy atom. The van der Waals surface area contributed by atoms with Gasteiger partial charge in [0.1, 0.15) is 11.6 Å². The van der Waals surface area contributed by atoms with Gasteiger partial charge in [0.25, 0.3) is 0 Å². The molecule has 2 aromatic heterocycles. The zero-order valence-corrected chi connectivity index (χ0v) is 12.3. The molecular weight excluding hydrogens is 276 g/mol. The van der Waals surface area contributed by atoms with Gasteiger partial charge in [-0.15, -0.1) is 0 Å². The van der Waals surface area contributed by atoms with Crippen LogP contribution < -0.4 is 0 Å². The second-order valence-corrected chi connectivity index (χ2v) is 5.62. The third-order valence-electron chi connectivity index (χ3n) is 4.15. The molecule has 5 nitrogen and oxygen atoms in total. The SMILES string of the molecule is c1ccc(-c2n[nH]c([C@@H]3CCCN3Cc3ccco3)n2)cc1. The van der Waals surface area contributed by atoms with Crippen molar-refractivity contribution in [3.8, 4) is 11.4 Å². The van der Waals surface area contributed by atoms with E-state index >= 15 is 0 Å². The number of benzene rings is 1. The van der Waals surface area contributed by atoms with Gasteiger partial charge in [-0.05, 0) is 31.5 Å². The Morgan fingerprint density at radius 2 is 2.09 bits per heavy atom. The summed E-state index contributed by atoms with van der Waals surface area (Å²) in [6, 6.07) is 14.3. The number of aromatic amines is 1. The fourth-order valence-corrected chi connectivity index (χ4v) is 3.07. The van der Waals surface area contributed by atoms with Crippen LogP contribution in [0, 0.1) is 0 Å². The van der Waals surface area contributed by atoms with Crippen molar-refractivity contribution in [3.63, 3.8) is 0 Å². The summed E-state index contributed by atoms with van der Waals surface area (Å²) in [4.78, 5) is 7.10. The average molecular weight is 294 g/mol. The lowest BCUT2D eigenvalue weighted by molar-refractivity contribution is 0.221. The highest BCUT2D eigenvalue weighted by Gasteiger charge is 2.29. The maximum atomic E-state index is 5.47. The standard InChI is InChI=1S/C17H18N4O/c1-2-6-13(7-3-1)16-18-17(20-19-16)15-9-4-10-21(15)12-14-8-5-11-22-14/h1-3,5-8,11,15H,4,9-10,12H2,(H,18,19,20)/t15-/m0/s1. The third-order valence-corrected chi connectivity index (χ3v) is 4.15. The second kappa shape index (κ2) is 5.77. The van der Waals surface area contributed by atoms with Crippen LogP contribution in [-0.4, -0.2) is 26.6 Å². The molecule has 0 spiro atoms. The number of nitrogens with zero attached hydrogens (tertiary/aromatic N) is 3. The molecule has 112 valence electrons. The Balaban J connectivity index is 1.55. The molecule has 0 unspecified atom stereocenters. The predicted molar refractivity (Wildman–Crippen MR) is 82.9 cm³/mol. The van der Waals surface area contributed by atoms with Crippen LogP contribution in [0.25, 0.3) is 11.4 Å². The van der Waals surface area contributed by atoms with E-state index in [0.29, 0.717) is 0 Å². The summed E-state index contributed by atoms with van der Waals surface area (Å²) in [6.45, 7) is 1.88. The van der Waals surface area contributed by atoms with E-state index < -0.39 is 0 Å². The zero-order chi connectivity index (χ0) is 14.8. The maximum Gasteiger partial charge on any atom is 0.181 e. The monoisotopic (exact) mass is 294 g/mol. The number of hydrogen-bond donors (Lipinski definition) is 1. The van der Waals surface area contributed by atoms with E-state index in [1.54, 1.807) is 6.26 Å². The molecule has 1 fully saturated rings. The molecule has 0 bridgehead atoms. The highest BCUT2D eigenvalue weighted by atomic mass is 16.3. The molecule has 0 radical (unpaired) electrons. The predicted octanol–water partition coefficient (Wildman–Crippen LogP) is 3.40. The first kappa shape index (κ1) is 13.3. The van der Waals surface area contributed by atoms with Gasteiger partial charge in [0.05, 0.1) is 18.8 Å². The smallest absolute Gasteiger partial charge is 0.181 e. The van der Waals surface area contributed by atoms with Crippen LogP contribution in [0.2, 0.25) is 0 Å². The molecule has 3 aromatic rings. The summed E-state index contributed by atoms with van der Waals surface area (Å²) in [5.41, 5.74) is 1.04. The number of aromatic nitrogens is 3. The van der Waals surface area contributed by atoms with Gasteiger partial charge in [-0.25, -0.2) is 4.98 Å². The molecule has 0 aliphatic carbocycles. The first-order chi connectivity index (χ1) is 10.9. The van der Waals surface area contributed by atoms with Gasteiger partial charge in [0.2, 0.25) is 0 Å². The molecule has 4 rings (SSSR count). The lowest BCUT2D eigenvalue weighted by Crippen LogP contribution is -2.23. The van der Waals surface area contributed by atoms with Gasteiger partial charge in [0.15, 0.2) is 5.82 Å². The molecule has 0 saturated carbocycles. The summed E-state index contributed by atoms with van der Waals surface area (Å²) in [7, 11) is 0. The molecule has 1 aliphatic heterocycles. The number of rotatable bonds is 4. The second-order valence-electron chi connectivity index (χ2n) is 5.62. The van der Waals surface area contributed by atoms with Crippen LogP contribution in [0.4, 0.5) is 0 Å². The summed E-state index contributed by atoms with van der Waals surface area (Å²) in [5.74, 6) is 2.71. The number of likely N-dealkylation sites (tertiary alicyclic amines) is 1. The van der Waals surface area contributed by atoms with E-state index in [0.717, 1.165) is 42.5 Å². The molecule has 1 N–H and O–H groups in total. The summed E-state index contributed by atoms with van der Waals surface area (Å²) in [6.07, 6.45) is 4.00. The van der Waals surface area contributed by atoms with E-state index in [1.165, 1.54) is 6.42 Å². The van der Waals surface area contributed by atoms with Crippen molar-refractivity contribution in [1.29, 1.82) is 0 Å². The summed E-state index contributed by atoms with van der Waals surface area (Å²) < 4.78 is 5.47. The Kier molecular flexibility index (Phi) is 3.48. The van der Waals surface area contributed by atoms with Crippen molar-refractivity contribution in [3.05, 3.63) is 60.3 Å². The van der Waals surface area contributed by atoms with Crippen molar-refractivity contribution < 1.29 is 4.42 Å². The molecule has 22 heavy (non-hydrogen) atoms. The summed E-state index contributed by atoms with van der Waals surface area (Å²) >= 11 is 0. The van der Waals surface area contributed by atoms with Gasteiger partial charge >= 0.3 is 0 Å². The first-order valence-electron chi connectivity index (χ1n) is 7.64. The quantitative estimate of drug-likeness (QED) is 0.801. The van der Waals surface area contributed by atoms with Gasteiger partial charge in [-0.1, -0.05) is 30.3 Å². The normalized spacial score (nSPS) is 18.8. The highest BCUT2D eigenvalue weighted by Crippen LogP contribution is 2.32. The number of furan rings is 1. The Labute approximate surface area is 129 Å². The highest BCUT2D eigenvalue weighted by molar-refractivity contribution is 5.53. The maximum absolute atomic E-state index is 5.47. The lowest BCUT2D eigenvalue weighted by Gasteiger charge is -2.21. The molecular formula is C17H18N4O. The third kappa shape index (κ3) is 2.55. The molecule has 1 aliphatic rings. The number of hydrogen-bond acceptors (Lipinski definition) is 4. The minimum atomic E-state index is 0.287. The topological polar surface area (TPSA) is 58.0 Å². The fraction of sp³-hybridized carbons (Fsp3) is 0.294. The van der Waals surface area contributed by atoms with Crippen LogP contribution in [0.1, 0.15) is 30.5 Å². The van der Waals surface area contributed by atoms with Gasteiger partial charge in [-0.2, -0.15) is 5.10 Å². The molecule has 1 atom stereocenters. The average Bonchev–Trinajstić information content (AvgIpc) is 3.30. The van der Waals surface area contributed by atoms with E-state index in [4.69, 9.17) is 9.40 Å². The van der Waals surface area contributed by atoms with Gasteiger partial charge in [-0.3, -0.25) is 10.00 Å². The van der Waals surface area contributed by atoms with Gasteiger partial charge in [0, 0.05) is 5.56 Å². The van der Waals surface area contributed by atoms with Crippen molar-refractivity contribution in [1.82, 2.24) is 20.1 Å². The fourth-order valence-electron chi connectivity index (χ4n) is 3.07. The minimum Gasteiger partial charge on any atom is -0.468 e. The molecule has 5 heteroatoms. The van der Waals surface area contributed by atoms with E-state index in [-0.39, 0.29) is 6.04 Å². The van der Waals surface area contributed by atoms with Crippen molar-refractivity contribution in [2.75, 3.05) is 6.54 Å². The Hall–Kier alpha value is -2.40. The van der Waals surface area contributed by atoms with E-state index in [1.807, 2.05) is 42.5 Å². The van der Waals surface area contributed by atoms with Crippen LogP contribution in [-0.2, 0) is 6.54 Å². The molecule has 0 amide bonds. The van der Waals surface area contributed by atoms with Crippen LogP contribution in [0.3, 0.4) is 0 Å². The van der Waals surface area contributed by atoms with Crippen molar-refractivity contribution in [2.45, 2.75) is 25.4 Å². The zero-order valence-electron chi connectivity index (χ0n) is 12.3. The minimum absolute atomic E-state index is 0.287. The van der Waals surface area contributed by atoms with Gasteiger partial charge < -0.3 is 4.42 Å². The largest absolute Gasteiger partial charge is 0.468 e. The summed E-state index contributed by atoms with van der Waals surface area (Å²) in [5, 5.41) is 7.50. The van der Waals surface area contributed by atoms with E-state index in [2.05, 4.69) is 15.1 Å². The molecule has 3 heterocycles.